The second-order valence-corrected chi connectivity index (χ2v) is 5.17. The third kappa shape index (κ3) is 2.53. The van der Waals surface area contributed by atoms with Crippen LogP contribution < -0.4 is 10.1 Å². The molecule has 4 heteroatoms. The summed E-state index contributed by atoms with van der Waals surface area (Å²) in [5, 5.41) is 3.22. The van der Waals surface area contributed by atoms with Gasteiger partial charge in [0, 0.05) is 4.47 Å². The quantitative estimate of drug-likeness (QED) is 0.872. The summed E-state index contributed by atoms with van der Waals surface area (Å²) in [6, 6.07) is 3.70. The Morgan fingerprint density at radius 2 is 2.29 bits per heavy atom. The number of methoxy groups -OCH3 is 1. The van der Waals surface area contributed by atoms with Crippen LogP contribution in [-0.4, -0.2) is 25.5 Å². The van der Waals surface area contributed by atoms with E-state index in [0.29, 0.717) is 11.3 Å². The van der Waals surface area contributed by atoms with E-state index in [1.54, 1.807) is 7.11 Å². The maximum atomic E-state index is 12.3. The average Bonchev–Trinajstić information content (AvgIpc) is 2.84. The van der Waals surface area contributed by atoms with Gasteiger partial charge in [0.1, 0.15) is 5.75 Å². The molecule has 1 aliphatic rings. The van der Waals surface area contributed by atoms with Crippen LogP contribution in [0, 0.1) is 6.92 Å². The van der Waals surface area contributed by atoms with Crippen LogP contribution in [0.15, 0.2) is 16.6 Å². The Balaban J connectivity index is 2.36. The Hall–Kier alpha value is -0.870. The van der Waals surface area contributed by atoms with Crippen molar-refractivity contribution in [2.24, 2.45) is 0 Å². The highest BCUT2D eigenvalue weighted by Gasteiger charge is 2.26. The number of Topliss-reactive ketones (excluding diaryl/α,β-unsaturated/α-hetero) is 1. The minimum absolute atomic E-state index is 0.0569. The summed E-state index contributed by atoms with van der Waals surface area (Å²) in [6.07, 6.45) is 1.97. The number of ether oxygens (including phenoxy) is 1. The van der Waals surface area contributed by atoms with Crippen molar-refractivity contribution in [1.29, 1.82) is 0 Å². The van der Waals surface area contributed by atoms with Crippen molar-refractivity contribution < 1.29 is 9.53 Å². The van der Waals surface area contributed by atoms with Crippen molar-refractivity contribution in [2.75, 3.05) is 13.7 Å². The molecular weight excluding hydrogens is 282 g/mol. The maximum absolute atomic E-state index is 12.3. The molecule has 1 N–H and O–H groups in total. The lowest BCUT2D eigenvalue weighted by molar-refractivity contribution is 0.0949. The molecule has 1 unspecified atom stereocenters. The normalized spacial score (nSPS) is 19.4. The third-order valence-electron chi connectivity index (χ3n) is 3.12. The van der Waals surface area contributed by atoms with E-state index in [1.807, 2.05) is 19.1 Å². The largest absolute Gasteiger partial charge is 0.496 e. The molecule has 2 rings (SSSR count). The van der Waals surface area contributed by atoms with E-state index in [4.69, 9.17) is 4.74 Å². The first-order chi connectivity index (χ1) is 8.13. The predicted octanol–water partition coefficient (Wildman–Crippen LogP) is 2.70. The van der Waals surface area contributed by atoms with E-state index in [2.05, 4.69) is 21.2 Å². The number of carbonyl (C=O) groups is 1. The summed E-state index contributed by atoms with van der Waals surface area (Å²) in [6.45, 7) is 2.90. The Kier molecular flexibility index (Phi) is 3.84. The van der Waals surface area contributed by atoms with Gasteiger partial charge in [0.25, 0.3) is 0 Å². The molecule has 1 heterocycles. The molecule has 1 fully saturated rings. The number of nitrogens with one attached hydrogen (secondary N) is 1. The van der Waals surface area contributed by atoms with Crippen molar-refractivity contribution in [3.63, 3.8) is 0 Å². The fourth-order valence-corrected chi connectivity index (χ4v) is 2.46. The van der Waals surface area contributed by atoms with E-state index < -0.39 is 0 Å². The highest BCUT2D eigenvalue weighted by Crippen LogP contribution is 2.28. The zero-order valence-electron chi connectivity index (χ0n) is 10.0. The van der Waals surface area contributed by atoms with Gasteiger partial charge in [-0.25, -0.2) is 0 Å². The lowest BCUT2D eigenvalue weighted by Gasteiger charge is -2.14. The highest BCUT2D eigenvalue weighted by molar-refractivity contribution is 9.10. The van der Waals surface area contributed by atoms with Crippen LogP contribution in [0.2, 0.25) is 0 Å². The number of rotatable bonds is 3. The van der Waals surface area contributed by atoms with Gasteiger partial charge in [0.2, 0.25) is 0 Å². The topological polar surface area (TPSA) is 38.3 Å². The fourth-order valence-electron chi connectivity index (χ4n) is 2.11. The molecule has 0 spiro atoms. The molecule has 0 aliphatic carbocycles. The number of halogens is 1. The molecule has 1 aromatic rings. The monoisotopic (exact) mass is 297 g/mol. The van der Waals surface area contributed by atoms with Crippen LogP contribution in [0.25, 0.3) is 0 Å². The van der Waals surface area contributed by atoms with Crippen molar-refractivity contribution in [1.82, 2.24) is 5.32 Å². The minimum Gasteiger partial charge on any atom is -0.496 e. The smallest absolute Gasteiger partial charge is 0.183 e. The van der Waals surface area contributed by atoms with E-state index >= 15 is 0 Å². The molecule has 0 bridgehead atoms. The van der Waals surface area contributed by atoms with Crippen molar-refractivity contribution in [3.8, 4) is 5.75 Å². The number of hydrogen-bond acceptors (Lipinski definition) is 3. The molecule has 92 valence electrons. The van der Waals surface area contributed by atoms with Crippen LogP contribution in [0.3, 0.4) is 0 Å². The standard InChI is InChI=1S/C13H16BrNO2/c1-8-6-12(17-2)9(7-10(8)14)13(16)11-4-3-5-15-11/h6-7,11,15H,3-5H2,1-2H3. The van der Waals surface area contributed by atoms with E-state index in [-0.39, 0.29) is 11.8 Å². The number of ketones is 1. The van der Waals surface area contributed by atoms with Crippen molar-refractivity contribution >= 4 is 21.7 Å². The summed E-state index contributed by atoms with van der Waals surface area (Å²) >= 11 is 3.46. The van der Waals surface area contributed by atoms with Crippen molar-refractivity contribution in [2.45, 2.75) is 25.8 Å². The predicted molar refractivity (Wildman–Crippen MR) is 70.8 cm³/mol. The zero-order valence-corrected chi connectivity index (χ0v) is 11.6. The summed E-state index contributed by atoms with van der Waals surface area (Å²) in [4.78, 5) is 12.3. The van der Waals surface area contributed by atoms with Crippen molar-refractivity contribution in [3.05, 3.63) is 27.7 Å². The van der Waals surface area contributed by atoms with Gasteiger partial charge in [-0.15, -0.1) is 0 Å². The average molecular weight is 298 g/mol. The Labute approximate surface area is 110 Å². The maximum Gasteiger partial charge on any atom is 0.183 e. The fraction of sp³-hybridized carbons (Fsp3) is 0.462. The lowest BCUT2D eigenvalue weighted by Crippen LogP contribution is -2.31. The first kappa shape index (κ1) is 12.6. The molecule has 0 radical (unpaired) electrons. The molecule has 0 aromatic heterocycles. The summed E-state index contributed by atoms with van der Waals surface area (Å²) in [5.74, 6) is 0.782. The van der Waals surface area contributed by atoms with Gasteiger partial charge in [-0.3, -0.25) is 4.79 Å². The molecule has 17 heavy (non-hydrogen) atoms. The first-order valence-corrected chi connectivity index (χ1v) is 6.54. The van der Waals surface area contributed by atoms with Crippen LogP contribution in [-0.2, 0) is 0 Å². The molecule has 1 atom stereocenters. The van der Waals surface area contributed by atoms with Gasteiger partial charge in [-0.1, -0.05) is 15.9 Å². The Morgan fingerprint density at radius 1 is 1.53 bits per heavy atom. The summed E-state index contributed by atoms with van der Waals surface area (Å²) < 4.78 is 6.24. The number of aryl methyl sites for hydroxylation is 1. The van der Waals surface area contributed by atoms with E-state index in [9.17, 15) is 4.79 Å². The zero-order chi connectivity index (χ0) is 12.4. The van der Waals surface area contributed by atoms with Gasteiger partial charge in [-0.2, -0.15) is 0 Å². The van der Waals surface area contributed by atoms with Crippen LogP contribution >= 0.6 is 15.9 Å². The van der Waals surface area contributed by atoms with E-state index in [0.717, 1.165) is 29.4 Å². The third-order valence-corrected chi connectivity index (χ3v) is 3.98. The Morgan fingerprint density at radius 3 is 2.88 bits per heavy atom. The highest BCUT2D eigenvalue weighted by atomic mass is 79.9. The van der Waals surface area contributed by atoms with Gasteiger partial charge in [0.15, 0.2) is 5.78 Å². The van der Waals surface area contributed by atoms with Crippen LogP contribution in [0.1, 0.15) is 28.8 Å². The summed E-state index contributed by atoms with van der Waals surface area (Å²) in [7, 11) is 1.60. The van der Waals surface area contributed by atoms with Gasteiger partial charge in [0.05, 0.1) is 18.7 Å². The second kappa shape index (κ2) is 5.19. The lowest BCUT2D eigenvalue weighted by atomic mass is 10.0. The molecule has 3 nitrogen and oxygen atoms in total. The molecule has 1 aliphatic heterocycles. The number of hydrogen-bond donors (Lipinski definition) is 1. The van der Waals surface area contributed by atoms with Gasteiger partial charge in [-0.05, 0) is 44.0 Å². The first-order valence-electron chi connectivity index (χ1n) is 5.75. The number of carbonyl (C=O) groups excluding carboxylic acids is 1. The SMILES string of the molecule is COc1cc(C)c(Br)cc1C(=O)C1CCCN1. The van der Waals surface area contributed by atoms with Gasteiger partial charge >= 0.3 is 0 Å². The molecule has 0 amide bonds. The summed E-state index contributed by atoms with van der Waals surface area (Å²) in [5.41, 5.74) is 1.72. The van der Waals surface area contributed by atoms with E-state index in [1.165, 1.54) is 0 Å². The van der Waals surface area contributed by atoms with Gasteiger partial charge < -0.3 is 10.1 Å². The molecular formula is C13H16BrNO2. The molecule has 0 saturated carbocycles. The minimum atomic E-state index is -0.0569. The Bertz CT molecular complexity index is 439. The van der Waals surface area contributed by atoms with Crippen LogP contribution in [0.5, 0.6) is 5.75 Å². The molecule has 1 saturated heterocycles. The van der Waals surface area contributed by atoms with Crippen LogP contribution in [0.4, 0.5) is 0 Å². The second-order valence-electron chi connectivity index (χ2n) is 4.31. The molecule has 1 aromatic carbocycles. The number of benzene rings is 1.